The summed E-state index contributed by atoms with van der Waals surface area (Å²) < 4.78 is 11.7. The first-order chi connectivity index (χ1) is 9.13. The van der Waals surface area contributed by atoms with Gasteiger partial charge in [0.1, 0.15) is 11.5 Å². The van der Waals surface area contributed by atoms with Gasteiger partial charge in [-0.15, -0.1) is 12.6 Å². The van der Waals surface area contributed by atoms with Gasteiger partial charge in [0.25, 0.3) is 0 Å². The second-order valence-corrected chi connectivity index (χ2v) is 5.74. The number of thiol groups is 1. The summed E-state index contributed by atoms with van der Waals surface area (Å²) in [5.41, 5.74) is 0.996. The summed E-state index contributed by atoms with van der Waals surface area (Å²) in [7, 11) is 0. The molecule has 0 aromatic heterocycles. The van der Waals surface area contributed by atoms with Crippen LogP contribution in [0.1, 0.15) is 19.4 Å². The van der Waals surface area contributed by atoms with Crippen LogP contribution in [0.3, 0.4) is 0 Å². The summed E-state index contributed by atoms with van der Waals surface area (Å²) in [6.45, 7) is 4.75. The molecule has 5 atom stereocenters. The average molecular weight is 282 g/mol. The predicted molar refractivity (Wildman–Crippen MR) is 78.1 cm³/mol. The molecule has 0 saturated carbocycles. The van der Waals surface area contributed by atoms with Gasteiger partial charge in [-0.1, -0.05) is 44.2 Å². The van der Waals surface area contributed by atoms with Crippen molar-refractivity contribution in [2.45, 2.75) is 38.1 Å². The molecule has 1 aliphatic rings. The summed E-state index contributed by atoms with van der Waals surface area (Å²) >= 11 is 4.42. The van der Waals surface area contributed by atoms with Crippen molar-refractivity contribution < 1.29 is 14.6 Å². The molecule has 4 heteroatoms. The fourth-order valence-corrected chi connectivity index (χ4v) is 2.88. The third-order valence-corrected chi connectivity index (χ3v) is 4.54. The molecule has 19 heavy (non-hydrogen) atoms. The minimum Gasteiger partial charge on any atom is -0.394 e. The van der Waals surface area contributed by atoms with E-state index in [1.54, 1.807) is 0 Å². The van der Waals surface area contributed by atoms with Gasteiger partial charge >= 0.3 is 0 Å². The Balaban J connectivity index is 2.00. The van der Waals surface area contributed by atoms with E-state index in [4.69, 9.17) is 9.47 Å². The first kappa shape index (κ1) is 14.9. The molecule has 2 unspecified atom stereocenters. The second kappa shape index (κ2) is 6.75. The largest absolute Gasteiger partial charge is 0.394 e. The van der Waals surface area contributed by atoms with Gasteiger partial charge in [0.2, 0.25) is 0 Å². The van der Waals surface area contributed by atoms with Crippen LogP contribution in [0.15, 0.2) is 30.3 Å². The zero-order chi connectivity index (χ0) is 13.8. The van der Waals surface area contributed by atoms with Crippen LogP contribution < -0.4 is 0 Å². The van der Waals surface area contributed by atoms with Crippen LogP contribution in [-0.4, -0.2) is 29.4 Å². The molecule has 3 nitrogen and oxygen atoms in total. The lowest BCUT2D eigenvalue weighted by Crippen LogP contribution is -2.50. The fourth-order valence-electron chi connectivity index (χ4n) is 2.45. The quantitative estimate of drug-likeness (QED) is 0.833. The number of hydrogen-bond acceptors (Lipinski definition) is 4. The van der Waals surface area contributed by atoms with E-state index in [0.29, 0.717) is 18.4 Å². The van der Waals surface area contributed by atoms with Crippen molar-refractivity contribution in [2.75, 3.05) is 6.61 Å². The van der Waals surface area contributed by atoms with Crippen molar-refractivity contribution >= 4 is 12.6 Å². The van der Waals surface area contributed by atoms with Crippen molar-refractivity contribution in [3.8, 4) is 0 Å². The molecular formula is C15H22O3S. The molecule has 1 aromatic carbocycles. The number of rotatable bonds is 4. The summed E-state index contributed by atoms with van der Waals surface area (Å²) in [4.78, 5) is 0. The average Bonchev–Trinajstić information content (AvgIpc) is 2.44. The molecule has 1 aromatic rings. The van der Waals surface area contributed by atoms with E-state index in [0.717, 1.165) is 5.56 Å². The minimum atomic E-state index is -0.294. The van der Waals surface area contributed by atoms with E-state index in [9.17, 15) is 5.11 Å². The first-order valence-corrected chi connectivity index (χ1v) is 7.25. The Bertz CT molecular complexity index is 382. The number of benzene rings is 1. The molecule has 1 heterocycles. The molecule has 1 fully saturated rings. The van der Waals surface area contributed by atoms with Gasteiger partial charge in [0, 0.05) is 0 Å². The normalized spacial score (nSPS) is 35.3. The number of aliphatic hydroxyl groups is 1. The third-order valence-electron chi connectivity index (χ3n) is 3.94. The van der Waals surface area contributed by atoms with E-state index in [1.165, 1.54) is 0 Å². The zero-order valence-electron chi connectivity index (χ0n) is 11.4. The molecule has 106 valence electrons. The van der Waals surface area contributed by atoms with E-state index in [2.05, 4.69) is 26.5 Å². The highest BCUT2D eigenvalue weighted by Gasteiger charge is 2.40. The molecule has 0 amide bonds. The number of ether oxygens (including phenoxy) is 2. The summed E-state index contributed by atoms with van der Waals surface area (Å²) in [6, 6.07) is 10.0. The fraction of sp³-hybridized carbons (Fsp3) is 0.600. The second-order valence-electron chi connectivity index (χ2n) is 5.23. The van der Waals surface area contributed by atoms with Crippen LogP contribution in [-0.2, 0) is 16.1 Å². The Hall–Kier alpha value is -0.550. The topological polar surface area (TPSA) is 38.7 Å². The van der Waals surface area contributed by atoms with Crippen molar-refractivity contribution in [3.05, 3.63) is 35.9 Å². The molecule has 2 rings (SSSR count). The van der Waals surface area contributed by atoms with Gasteiger partial charge in [-0.25, -0.2) is 0 Å². The summed E-state index contributed by atoms with van der Waals surface area (Å²) in [6.07, 6.45) is -0.388. The van der Waals surface area contributed by atoms with Crippen LogP contribution in [0.25, 0.3) is 0 Å². The van der Waals surface area contributed by atoms with Crippen LogP contribution in [0.4, 0.5) is 0 Å². The SMILES string of the molecule is CC1[C@@H](OCc2ccccc2)C(CO)O[C@@H](S)[C@@H]1C. The maximum atomic E-state index is 9.44. The van der Waals surface area contributed by atoms with Crippen LogP contribution in [0.5, 0.6) is 0 Å². The molecule has 1 N–H and O–H groups in total. The number of hydrogen-bond donors (Lipinski definition) is 2. The minimum absolute atomic E-state index is 0.0342. The molecule has 0 radical (unpaired) electrons. The maximum absolute atomic E-state index is 9.44. The Morgan fingerprint density at radius 2 is 1.89 bits per heavy atom. The first-order valence-electron chi connectivity index (χ1n) is 6.73. The van der Waals surface area contributed by atoms with Crippen molar-refractivity contribution in [2.24, 2.45) is 11.8 Å². The van der Waals surface area contributed by atoms with Crippen molar-refractivity contribution in [1.82, 2.24) is 0 Å². The molecule has 0 bridgehead atoms. The van der Waals surface area contributed by atoms with Gasteiger partial charge in [-0.05, 0) is 17.4 Å². The lowest BCUT2D eigenvalue weighted by Gasteiger charge is -2.42. The molecule has 1 aliphatic heterocycles. The lowest BCUT2D eigenvalue weighted by atomic mass is 9.85. The highest BCUT2D eigenvalue weighted by atomic mass is 32.1. The smallest absolute Gasteiger partial charge is 0.108 e. The van der Waals surface area contributed by atoms with Gasteiger partial charge in [0.15, 0.2) is 0 Å². The molecular weight excluding hydrogens is 260 g/mol. The molecule has 1 saturated heterocycles. The molecule has 0 spiro atoms. The third kappa shape index (κ3) is 3.51. The van der Waals surface area contributed by atoms with Gasteiger partial charge < -0.3 is 14.6 Å². The predicted octanol–water partition coefficient (Wildman–Crippen LogP) is 2.49. The maximum Gasteiger partial charge on any atom is 0.108 e. The Labute approximate surface area is 120 Å². The standard InChI is InChI=1S/C15H22O3S/c1-10-11(2)15(19)18-13(8-16)14(10)17-9-12-6-4-3-5-7-12/h3-7,10-11,13-16,19H,8-9H2,1-2H3/t10?,11-,13?,14-,15+/m1/s1. The monoisotopic (exact) mass is 282 g/mol. The van der Waals surface area contributed by atoms with Crippen LogP contribution in [0, 0.1) is 11.8 Å². The highest BCUT2D eigenvalue weighted by Crippen LogP contribution is 2.34. The summed E-state index contributed by atoms with van der Waals surface area (Å²) in [5.74, 6) is 0.601. The lowest BCUT2D eigenvalue weighted by molar-refractivity contribution is -0.177. The highest BCUT2D eigenvalue weighted by molar-refractivity contribution is 7.80. The van der Waals surface area contributed by atoms with Crippen LogP contribution in [0.2, 0.25) is 0 Å². The van der Waals surface area contributed by atoms with Gasteiger partial charge in [-0.2, -0.15) is 0 Å². The zero-order valence-corrected chi connectivity index (χ0v) is 12.3. The number of aliphatic hydroxyl groups excluding tert-OH is 1. The Kier molecular flexibility index (Phi) is 5.28. The van der Waals surface area contributed by atoms with E-state index >= 15 is 0 Å². The van der Waals surface area contributed by atoms with E-state index < -0.39 is 0 Å². The van der Waals surface area contributed by atoms with Crippen molar-refractivity contribution in [3.63, 3.8) is 0 Å². The summed E-state index contributed by atoms with van der Waals surface area (Å²) in [5, 5.41) is 9.44. The van der Waals surface area contributed by atoms with Crippen molar-refractivity contribution in [1.29, 1.82) is 0 Å². The Morgan fingerprint density at radius 1 is 1.21 bits per heavy atom. The van der Waals surface area contributed by atoms with Crippen LogP contribution >= 0.6 is 12.6 Å². The van der Waals surface area contributed by atoms with E-state index in [-0.39, 0.29) is 24.3 Å². The van der Waals surface area contributed by atoms with Gasteiger partial charge in [-0.3, -0.25) is 0 Å². The Morgan fingerprint density at radius 3 is 2.53 bits per heavy atom. The van der Waals surface area contributed by atoms with Gasteiger partial charge in [0.05, 0.1) is 19.3 Å². The molecule has 0 aliphatic carbocycles. The van der Waals surface area contributed by atoms with E-state index in [1.807, 2.05) is 30.3 Å².